The van der Waals surface area contributed by atoms with Gasteiger partial charge < -0.3 is 15.4 Å². The minimum atomic E-state index is -0.280. The summed E-state index contributed by atoms with van der Waals surface area (Å²) < 4.78 is 18.4. The zero-order valence-electron chi connectivity index (χ0n) is 14.1. The average Bonchev–Trinajstić information content (AvgIpc) is 2.67. The van der Waals surface area contributed by atoms with Crippen molar-refractivity contribution in [3.8, 4) is 0 Å². The third-order valence-electron chi connectivity index (χ3n) is 4.77. The molecule has 3 rings (SSSR count). The van der Waals surface area contributed by atoms with Gasteiger partial charge in [0.25, 0.3) is 0 Å². The fourth-order valence-corrected chi connectivity index (χ4v) is 3.21. The highest BCUT2D eigenvalue weighted by Gasteiger charge is 2.28. The van der Waals surface area contributed by atoms with Gasteiger partial charge in [0.15, 0.2) is 0 Å². The molecular weight excluding hydrogens is 319 g/mol. The molecule has 1 saturated heterocycles. The second kappa shape index (κ2) is 8.12. The molecule has 0 spiro atoms. The van der Waals surface area contributed by atoms with Gasteiger partial charge in [-0.15, -0.1) is 0 Å². The maximum atomic E-state index is 13.0. The van der Waals surface area contributed by atoms with Crippen LogP contribution in [0.25, 0.3) is 0 Å². The van der Waals surface area contributed by atoms with Gasteiger partial charge in [-0.3, -0.25) is 0 Å². The summed E-state index contributed by atoms with van der Waals surface area (Å²) >= 11 is 0. The van der Waals surface area contributed by atoms with Crippen LogP contribution < -0.4 is 5.73 Å². The molecule has 0 saturated carbocycles. The van der Waals surface area contributed by atoms with Gasteiger partial charge in [0.1, 0.15) is 12.4 Å². The van der Waals surface area contributed by atoms with Gasteiger partial charge >= 0.3 is 6.09 Å². The van der Waals surface area contributed by atoms with Gasteiger partial charge in [-0.1, -0.05) is 42.5 Å². The van der Waals surface area contributed by atoms with Crippen LogP contribution in [-0.2, 0) is 11.3 Å². The molecule has 25 heavy (non-hydrogen) atoms. The monoisotopic (exact) mass is 342 g/mol. The number of hydrogen-bond acceptors (Lipinski definition) is 3. The van der Waals surface area contributed by atoms with Crippen LogP contribution >= 0.6 is 0 Å². The standard InChI is InChI=1S/C20H23FN2O2/c21-18-8-6-16(7-9-18)19(22)17-10-12-23(13-11-17)20(24)25-14-15-4-2-1-3-5-15/h1-9,17,19H,10-14,22H2. The van der Waals surface area contributed by atoms with E-state index in [-0.39, 0.29) is 30.5 Å². The Bertz CT molecular complexity index is 683. The Hall–Kier alpha value is -2.40. The van der Waals surface area contributed by atoms with Crippen molar-refractivity contribution in [3.63, 3.8) is 0 Å². The van der Waals surface area contributed by atoms with Gasteiger partial charge in [0, 0.05) is 19.1 Å². The van der Waals surface area contributed by atoms with Crippen LogP contribution in [0.2, 0.25) is 0 Å². The highest BCUT2D eigenvalue weighted by molar-refractivity contribution is 5.67. The summed E-state index contributed by atoms with van der Waals surface area (Å²) in [5.41, 5.74) is 8.23. The first-order valence-corrected chi connectivity index (χ1v) is 8.60. The van der Waals surface area contributed by atoms with Crippen molar-refractivity contribution in [1.29, 1.82) is 0 Å². The maximum absolute atomic E-state index is 13.0. The second-order valence-corrected chi connectivity index (χ2v) is 6.44. The van der Waals surface area contributed by atoms with Crippen LogP contribution in [0, 0.1) is 11.7 Å². The second-order valence-electron chi connectivity index (χ2n) is 6.44. The zero-order chi connectivity index (χ0) is 17.6. The number of likely N-dealkylation sites (tertiary alicyclic amines) is 1. The smallest absolute Gasteiger partial charge is 0.410 e. The first kappa shape index (κ1) is 17.4. The number of halogens is 1. The number of carbonyl (C=O) groups excluding carboxylic acids is 1. The van der Waals surface area contributed by atoms with E-state index in [1.165, 1.54) is 12.1 Å². The number of rotatable bonds is 4. The molecule has 0 aliphatic carbocycles. The Labute approximate surface area is 147 Å². The van der Waals surface area contributed by atoms with E-state index >= 15 is 0 Å². The van der Waals surface area contributed by atoms with Crippen molar-refractivity contribution in [2.24, 2.45) is 11.7 Å². The molecule has 0 radical (unpaired) electrons. The van der Waals surface area contributed by atoms with E-state index in [2.05, 4.69) is 0 Å². The maximum Gasteiger partial charge on any atom is 0.410 e. The number of piperidine rings is 1. The predicted molar refractivity (Wildman–Crippen MR) is 94.3 cm³/mol. The summed E-state index contributed by atoms with van der Waals surface area (Å²) in [6.07, 6.45) is 1.36. The molecule has 132 valence electrons. The Morgan fingerprint density at radius 1 is 1.12 bits per heavy atom. The van der Waals surface area contributed by atoms with Crippen LogP contribution in [0.15, 0.2) is 54.6 Å². The molecule has 4 nitrogen and oxygen atoms in total. The molecule has 5 heteroatoms. The zero-order valence-corrected chi connectivity index (χ0v) is 14.1. The number of nitrogens with two attached hydrogens (primary N) is 1. The van der Waals surface area contributed by atoms with Gasteiger partial charge in [-0.2, -0.15) is 0 Å². The van der Waals surface area contributed by atoms with Gasteiger partial charge in [0.2, 0.25) is 0 Å². The van der Waals surface area contributed by atoms with Crippen molar-refractivity contribution in [2.75, 3.05) is 13.1 Å². The van der Waals surface area contributed by atoms with E-state index in [4.69, 9.17) is 10.5 Å². The molecule has 0 aromatic heterocycles. The minimum Gasteiger partial charge on any atom is -0.445 e. The van der Waals surface area contributed by atoms with Crippen molar-refractivity contribution in [1.82, 2.24) is 4.90 Å². The van der Waals surface area contributed by atoms with Crippen LogP contribution in [0.4, 0.5) is 9.18 Å². The molecule has 1 amide bonds. The lowest BCUT2D eigenvalue weighted by molar-refractivity contribution is 0.0797. The first-order valence-electron chi connectivity index (χ1n) is 8.60. The van der Waals surface area contributed by atoms with Gasteiger partial charge in [0.05, 0.1) is 0 Å². The van der Waals surface area contributed by atoms with E-state index in [0.717, 1.165) is 24.0 Å². The van der Waals surface area contributed by atoms with Crippen LogP contribution in [0.3, 0.4) is 0 Å². The molecule has 1 heterocycles. The molecular formula is C20H23FN2O2. The first-order chi connectivity index (χ1) is 12.1. The van der Waals surface area contributed by atoms with Crippen LogP contribution in [0.1, 0.15) is 30.0 Å². The van der Waals surface area contributed by atoms with Gasteiger partial charge in [-0.25, -0.2) is 9.18 Å². The molecule has 2 aromatic rings. The fraction of sp³-hybridized carbons (Fsp3) is 0.350. The molecule has 1 atom stereocenters. The molecule has 0 bridgehead atoms. The number of ether oxygens (including phenoxy) is 1. The van der Waals surface area contributed by atoms with E-state index in [0.29, 0.717) is 13.1 Å². The molecule has 1 unspecified atom stereocenters. The summed E-state index contributed by atoms with van der Waals surface area (Å²) in [6, 6.07) is 15.8. The third kappa shape index (κ3) is 4.57. The Kier molecular flexibility index (Phi) is 5.66. The number of carbonyl (C=O) groups is 1. The Balaban J connectivity index is 1.47. The average molecular weight is 342 g/mol. The molecule has 1 aliphatic rings. The third-order valence-corrected chi connectivity index (χ3v) is 4.77. The number of benzene rings is 2. The fourth-order valence-electron chi connectivity index (χ4n) is 3.21. The SMILES string of the molecule is NC(c1ccc(F)cc1)C1CCN(C(=O)OCc2ccccc2)CC1. The normalized spacial score (nSPS) is 16.5. The molecule has 2 N–H and O–H groups in total. The predicted octanol–water partition coefficient (Wildman–Crippen LogP) is 3.87. The van der Waals surface area contributed by atoms with Crippen molar-refractivity contribution < 1.29 is 13.9 Å². The van der Waals surface area contributed by atoms with Crippen molar-refractivity contribution in [2.45, 2.75) is 25.5 Å². The highest BCUT2D eigenvalue weighted by Crippen LogP contribution is 2.29. The van der Waals surface area contributed by atoms with Crippen LogP contribution in [-0.4, -0.2) is 24.1 Å². The lowest BCUT2D eigenvalue weighted by Crippen LogP contribution is -2.41. The molecule has 2 aromatic carbocycles. The summed E-state index contributed by atoms with van der Waals surface area (Å²) in [7, 11) is 0. The lowest BCUT2D eigenvalue weighted by atomic mass is 9.86. The van der Waals surface area contributed by atoms with Gasteiger partial charge in [-0.05, 0) is 42.0 Å². The summed E-state index contributed by atoms with van der Waals surface area (Å²) in [5.74, 6) is 0.0237. The highest BCUT2D eigenvalue weighted by atomic mass is 19.1. The van der Waals surface area contributed by atoms with E-state index < -0.39 is 0 Å². The Morgan fingerprint density at radius 3 is 2.40 bits per heavy atom. The quantitative estimate of drug-likeness (QED) is 0.917. The minimum absolute atomic E-state index is 0.136. The van der Waals surface area contributed by atoms with Crippen molar-refractivity contribution >= 4 is 6.09 Å². The van der Waals surface area contributed by atoms with Crippen molar-refractivity contribution in [3.05, 3.63) is 71.5 Å². The summed E-state index contributed by atoms with van der Waals surface area (Å²) in [6.45, 7) is 1.55. The Morgan fingerprint density at radius 2 is 1.76 bits per heavy atom. The number of amides is 1. The molecule has 1 fully saturated rings. The lowest BCUT2D eigenvalue weighted by Gasteiger charge is -2.34. The largest absolute Gasteiger partial charge is 0.445 e. The summed E-state index contributed by atoms with van der Waals surface area (Å²) in [5, 5.41) is 0. The van der Waals surface area contributed by atoms with E-state index in [9.17, 15) is 9.18 Å². The van der Waals surface area contributed by atoms with E-state index in [1.807, 2.05) is 30.3 Å². The van der Waals surface area contributed by atoms with E-state index in [1.54, 1.807) is 17.0 Å². The van der Waals surface area contributed by atoms with Crippen LogP contribution in [0.5, 0.6) is 0 Å². The topological polar surface area (TPSA) is 55.6 Å². The number of nitrogens with zero attached hydrogens (tertiary/aromatic N) is 1. The number of hydrogen-bond donors (Lipinski definition) is 1. The molecule has 1 aliphatic heterocycles. The summed E-state index contributed by atoms with van der Waals surface area (Å²) in [4.78, 5) is 13.9.